The van der Waals surface area contributed by atoms with Crippen LogP contribution in [0.4, 0.5) is 16.3 Å². The lowest BCUT2D eigenvalue weighted by Gasteiger charge is -2.29. The van der Waals surface area contributed by atoms with E-state index in [4.69, 9.17) is 23.9 Å². The van der Waals surface area contributed by atoms with Crippen LogP contribution in [0.1, 0.15) is 24.3 Å². The van der Waals surface area contributed by atoms with Crippen LogP contribution >= 0.6 is 0 Å². The molecule has 0 spiro atoms. The molecule has 4 rings (SSSR count). The fourth-order valence-electron chi connectivity index (χ4n) is 3.85. The molecule has 1 aromatic carbocycles. The summed E-state index contributed by atoms with van der Waals surface area (Å²) >= 11 is 0. The van der Waals surface area contributed by atoms with Crippen LogP contribution in [0.15, 0.2) is 24.3 Å². The van der Waals surface area contributed by atoms with Crippen LogP contribution in [0.3, 0.4) is 0 Å². The van der Waals surface area contributed by atoms with Crippen molar-refractivity contribution in [1.82, 2.24) is 20.4 Å². The van der Waals surface area contributed by atoms with E-state index in [2.05, 4.69) is 15.7 Å². The van der Waals surface area contributed by atoms with Gasteiger partial charge in [-0.1, -0.05) is 0 Å². The van der Waals surface area contributed by atoms with Crippen LogP contribution in [-0.4, -0.2) is 92.8 Å². The molecule has 2 fully saturated rings. The zero-order valence-corrected chi connectivity index (χ0v) is 20.6. The molecule has 2 aliphatic rings. The summed E-state index contributed by atoms with van der Waals surface area (Å²) in [5.41, 5.74) is 4.17. The van der Waals surface area contributed by atoms with Crippen molar-refractivity contribution in [3.63, 3.8) is 0 Å². The van der Waals surface area contributed by atoms with Gasteiger partial charge in [0.2, 0.25) is 0 Å². The van der Waals surface area contributed by atoms with Gasteiger partial charge < -0.3 is 29.2 Å². The number of rotatable bonds is 8. The minimum absolute atomic E-state index is 0.0808. The van der Waals surface area contributed by atoms with Crippen molar-refractivity contribution in [2.45, 2.75) is 13.8 Å². The standard InChI is InChI=1S/C24H32N6O6/c1-3-35-20-19(23(31)36-4-2)26-21(27-22(20)29-9-13-33-14-10-29)17-5-7-18(8-6-17)25-24(32)28-30-11-15-34-16-12-30/h5-8H,3-4,9-16H2,1-2H3,(H2,25,28,32). The topological polar surface area (TPSA) is 127 Å². The lowest BCUT2D eigenvalue weighted by atomic mass is 10.2. The van der Waals surface area contributed by atoms with Crippen molar-refractivity contribution in [2.75, 3.05) is 76.0 Å². The normalized spacial score (nSPS) is 16.3. The highest BCUT2D eigenvalue weighted by Gasteiger charge is 2.27. The predicted octanol–water partition coefficient (Wildman–Crippen LogP) is 1.92. The van der Waals surface area contributed by atoms with Crippen molar-refractivity contribution >= 4 is 23.5 Å². The van der Waals surface area contributed by atoms with Crippen LogP contribution in [-0.2, 0) is 14.2 Å². The van der Waals surface area contributed by atoms with Gasteiger partial charge in [0, 0.05) is 37.4 Å². The highest BCUT2D eigenvalue weighted by Crippen LogP contribution is 2.33. The molecule has 3 heterocycles. The molecule has 0 atom stereocenters. The largest absolute Gasteiger partial charge is 0.488 e. The van der Waals surface area contributed by atoms with Gasteiger partial charge in [-0.05, 0) is 38.1 Å². The summed E-state index contributed by atoms with van der Waals surface area (Å²) in [6, 6.07) is 6.76. The van der Waals surface area contributed by atoms with E-state index in [1.54, 1.807) is 31.2 Å². The van der Waals surface area contributed by atoms with Gasteiger partial charge in [-0.25, -0.2) is 24.6 Å². The Balaban J connectivity index is 1.59. The molecule has 2 saturated heterocycles. The summed E-state index contributed by atoms with van der Waals surface area (Å²) in [6.45, 7) is 8.89. The fraction of sp³-hybridized carbons (Fsp3) is 0.500. The zero-order chi connectivity index (χ0) is 25.3. The van der Waals surface area contributed by atoms with Crippen molar-refractivity contribution < 1.29 is 28.5 Å². The minimum Gasteiger partial charge on any atom is -0.488 e. The Morgan fingerprint density at radius 2 is 1.61 bits per heavy atom. The first-order valence-electron chi connectivity index (χ1n) is 12.1. The lowest BCUT2D eigenvalue weighted by molar-refractivity contribution is 0.0207. The van der Waals surface area contributed by atoms with E-state index in [0.717, 1.165) is 0 Å². The summed E-state index contributed by atoms with van der Waals surface area (Å²) in [6.07, 6.45) is 0. The van der Waals surface area contributed by atoms with E-state index in [1.165, 1.54) is 0 Å². The first-order chi connectivity index (χ1) is 17.6. The Hall–Kier alpha value is -3.48. The van der Waals surface area contributed by atoms with E-state index < -0.39 is 5.97 Å². The molecule has 12 nitrogen and oxygen atoms in total. The van der Waals surface area contributed by atoms with Crippen molar-refractivity contribution in [2.24, 2.45) is 0 Å². The number of anilines is 2. The molecule has 2 aromatic rings. The second-order valence-corrected chi connectivity index (χ2v) is 8.04. The lowest BCUT2D eigenvalue weighted by Crippen LogP contribution is -2.49. The van der Waals surface area contributed by atoms with Crippen molar-refractivity contribution in [3.8, 4) is 17.1 Å². The molecule has 0 saturated carbocycles. The maximum Gasteiger partial charge on any atom is 0.361 e. The van der Waals surface area contributed by atoms with E-state index in [0.29, 0.717) is 87.9 Å². The summed E-state index contributed by atoms with van der Waals surface area (Å²) < 4.78 is 21.9. The highest BCUT2D eigenvalue weighted by atomic mass is 16.5. The number of carbonyl (C=O) groups excluding carboxylic acids is 2. The Labute approximate surface area is 209 Å². The van der Waals surface area contributed by atoms with Gasteiger partial charge in [0.1, 0.15) is 0 Å². The zero-order valence-electron chi connectivity index (χ0n) is 20.6. The number of ether oxygens (including phenoxy) is 4. The van der Waals surface area contributed by atoms with Crippen molar-refractivity contribution in [3.05, 3.63) is 30.0 Å². The first kappa shape index (κ1) is 25.6. The van der Waals surface area contributed by atoms with E-state index >= 15 is 0 Å². The quantitative estimate of drug-likeness (QED) is 0.519. The molecular weight excluding hydrogens is 468 g/mol. The van der Waals surface area contributed by atoms with Crippen LogP contribution in [0.5, 0.6) is 5.75 Å². The third-order valence-electron chi connectivity index (χ3n) is 5.59. The average molecular weight is 501 g/mol. The second kappa shape index (κ2) is 12.5. The number of urea groups is 1. The summed E-state index contributed by atoms with van der Waals surface area (Å²) in [5, 5.41) is 4.62. The Morgan fingerprint density at radius 3 is 2.25 bits per heavy atom. The predicted molar refractivity (Wildman–Crippen MR) is 132 cm³/mol. The summed E-state index contributed by atoms with van der Waals surface area (Å²) in [5.74, 6) is 0.615. The molecule has 0 bridgehead atoms. The third-order valence-corrected chi connectivity index (χ3v) is 5.59. The van der Waals surface area contributed by atoms with Gasteiger partial charge in [0.05, 0.1) is 39.6 Å². The smallest absolute Gasteiger partial charge is 0.361 e. The first-order valence-corrected chi connectivity index (χ1v) is 12.1. The molecule has 2 N–H and O–H groups in total. The molecule has 194 valence electrons. The number of esters is 1. The maximum atomic E-state index is 12.8. The van der Waals surface area contributed by atoms with E-state index in [1.807, 2.05) is 16.8 Å². The number of nitrogens with one attached hydrogen (secondary N) is 2. The number of benzene rings is 1. The molecule has 36 heavy (non-hydrogen) atoms. The Bertz CT molecular complexity index is 1040. The molecule has 12 heteroatoms. The van der Waals surface area contributed by atoms with E-state index in [9.17, 15) is 9.59 Å². The number of hydrazine groups is 1. The number of hydrogen-bond donors (Lipinski definition) is 2. The van der Waals surface area contributed by atoms with Gasteiger partial charge >= 0.3 is 12.0 Å². The fourth-order valence-corrected chi connectivity index (χ4v) is 3.85. The number of nitrogens with zero attached hydrogens (tertiary/aromatic N) is 4. The van der Waals surface area contributed by atoms with Crippen LogP contribution < -0.4 is 20.4 Å². The highest BCUT2D eigenvalue weighted by molar-refractivity contribution is 5.93. The molecule has 0 radical (unpaired) electrons. The van der Waals surface area contributed by atoms with Crippen LogP contribution in [0.25, 0.3) is 11.4 Å². The number of aromatic nitrogens is 2. The van der Waals surface area contributed by atoms with E-state index in [-0.39, 0.29) is 18.3 Å². The molecule has 1 aromatic heterocycles. The number of amides is 2. The Kier molecular flexibility index (Phi) is 8.87. The number of morpholine rings is 2. The maximum absolute atomic E-state index is 12.8. The van der Waals surface area contributed by atoms with Gasteiger partial charge in [-0.2, -0.15) is 0 Å². The molecule has 2 amide bonds. The van der Waals surface area contributed by atoms with Crippen LogP contribution in [0, 0.1) is 0 Å². The van der Waals surface area contributed by atoms with Gasteiger partial charge in [-0.15, -0.1) is 0 Å². The minimum atomic E-state index is -0.572. The number of hydrogen-bond acceptors (Lipinski definition) is 10. The summed E-state index contributed by atoms with van der Waals surface area (Å²) in [7, 11) is 0. The monoisotopic (exact) mass is 500 g/mol. The molecule has 0 aliphatic carbocycles. The van der Waals surface area contributed by atoms with Crippen LogP contribution in [0.2, 0.25) is 0 Å². The second-order valence-electron chi connectivity index (χ2n) is 8.04. The summed E-state index contributed by atoms with van der Waals surface area (Å²) in [4.78, 5) is 36.4. The molecular formula is C24H32N6O6. The third kappa shape index (κ3) is 6.39. The average Bonchev–Trinajstić information content (AvgIpc) is 2.90. The van der Waals surface area contributed by atoms with Crippen molar-refractivity contribution in [1.29, 1.82) is 0 Å². The number of carbonyl (C=O) groups is 2. The SMILES string of the molecule is CCOC(=O)c1nc(-c2ccc(NC(=O)NN3CCOCC3)cc2)nc(N2CCOCC2)c1OCC. The van der Waals surface area contributed by atoms with Gasteiger partial charge in [0.15, 0.2) is 23.1 Å². The molecule has 2 aliphatic heterocycles. The molecule has 0 unspecified atom stereocenters. The van der Waals surface area contributed by atoms with Gasteiger partial charge in [0.25, 0.3) is 0 Å². The Morgan fingerprint density at radius 1 is 0.944 bits per heavy atom. The van der Waals surface area contributed by atoms with Gasteiger partial charge in [-0.3, -0.25) is 5.43 Å².